The normalized spacial score (nSPS) is 24.9. The summed E-state index contributed by atoms with van der Waals surface area (Å²) >= 11 is 0. The first-order valence-corrected chi connectivity index (χ1v) is 11.8. The van der Waals surface area contributed by atoms with Crippen LogP contribution in [0.15, 0.2) is 54.6 Å². The van der Waals surface area contributed by atoms with Crippen molar-refractivity contribution in [1.82, 2.24) is 14.9 Å². The number of halogens is 1. The van der Waals surface area contributed by atoms with Gasteiger partial charge in [0.25, 0.3) is 0 Å². The summed E-state index contributed by atoms with van der Waals surface area (Å²) in [6.07, 6.45) is 8.00. The third-order valence-electron chi connectivity index (χ3n) is 7.43. The van der Waals surface area contributed by atoms with Crippen LogP contribution in [0.2, 0.25) is 0 Å². The lowest BCUT2D eigenvalue weighted by molar-refractivity contribution is -0.0574. The molecular weight excluding hydrogens is 401 g/mol. The summed E-state index contributed by atoms with van der Waals surface area (Å²) in [5.41, 5.74) is 3.90. The van der Waals surface area contributed by atoms with Crippen molar-refractivity contribution in [3.8, 4) is 0 Å². The maximum Gasteiger partial charge on any atom is 0.123 e. The van der Waals surface area contributed by atoms with Gasteiger partial charge in [0.05, 0.1) is 16.6 Å². The van der Waals surface area contributed by atoms with Crippen molar-refractivity contribution in [2.75, 3.05) is 20.1 Å². The fourth-order valence-corrected chi connectivity index (χ4v) is 5.58. The summed E-state index contributed by atoms with van der Waals surface area (Å²) in [7, 11) is 2.14. The summed E-state index contributed by atoms with van der Waals surface area (Å²) in [6, 6.07) is 14.9. The number of rotatable bonds is 8. The number of aryl methyl sites for hydroxylation is 1. The van der Waals surface area contributed by atoms with E-state index in [1.165, 1.54) is 17.7 Å². The number of aliphatic hydroxyl groups is 1. The molecular formula is C27H32FN3O. The SMILES string of the molecule is CN(CCCc1nc2ccccc2[nH]1)CC[C@]1(O)C[C@H]2CC[C@H]1C=C2c1ccc(F)cc1. The molecule has 4 nitrogen and oxygen atoms in total. The van der Waals surface area contributed by atoms with E-state index in [1.54, 1.807) is 0 Å². The fraction of sp³-hybridized carbons (Fsp3) is 0.444. The van der Waals surface area contributed by atoms with Gasteiger partial charge in [-0.2, -0.15) is 0 Å². The summed E-state index contributed by atoms with van der Waals surface area (Å²) in [4.78, 5) is 10.4. The minimum absolute atomic E-state index is 0.191. The van der Waals surface area contributed by atoms with Crippen LogP contribution in [0.5, 0.6) is 0 Å². The number of fused-ring (bicyclic) bond motifs is 3. The highest BCUT2D eigenvalue weighted by molar-refractivity contribution is 5.74. The number of aromatic nitrogens is 2. The lowest BCUT2D eigenvalue weighted by atomic mass is 9.61. The molecule has 6 rings (SSSR count). The van der Waals surface area contributed by atoms with Gasteiger partial charge >= 0.3 is 0 Å². The number of imidazole rings is 1. The van der Waals surface area contributed by atoms with Crippen LogP contribution in [-0.4, -0.2) is 45.7 Å². The van der Waals surface area contributed by atoms with Crippen molar-refractivity contribution in [3.05, 3.63) is 71.8 Å². The molecule has 1 aromatic heterocycles. The second-order valence-electron chi connectivity index (χ2n) is 9.67. The van der Waals surface area contributed by atoms with Gasteiger partial charge < -0.3 is 15.0 Å². The number of hydrogen-bond donors (Lipinski definition) is 2. The number of aromatic amines is 1. The zero-order valence-corrected chi connectivity index (χ0v) is 18.7. The van der Waals surface area contributed by atoms with E-state index in [0.29, 0.717) is 5.92 Å². The van der Waals surface area contributed by atoms with Crippen molar-refractivity contribution in [2.45, 2.75) is 44.1 Å². The predicted molar refractivity (Wildman–Crippen MR) is 127 cm³/mol. The van der Waals surface area contributed by atoms with E-state index in [-0.39, 0.29) is 11.7 Å². The van der Waals surface area contributed by atoms with Gasteiger partial charge in [-0.1, -0.05) is 30.3 Å². The molecule has 32 heavy (non-hydrogen) atoms. The molecule has 3 aliphatic rings. The van der Waals surface area contributed by atoms with E-state index < -0.39 is 5.60 Å². The van der Waals surface area contributed by atoms with Gasteiger partial charge in [0, 0.05) is 18.9 Å². The van der Waals surface area contributed by atoms with Gasteiger partial charge in [-0.25, -0.2) is 9.37 Å². The Balaban J connectivity index is 1.14. The number of allylic oxidation sites excluding steroid dienone is 1. The molecule has 3 aromatic rings. The van der Waals surface area contributed by atoms with Crippen LogP contribution in [0.3, 0.4) is 0 Å². The highest BCUT2D eigenvalue weighted by Crippen LogP contribution is 2.51. The average Bonchev–Trinajstić information content (AvgIpc) is 3.21. The van der Waals surface area contributed by atoms with Gasteiger partial charge in [0.1, 0.15) is 11.6 Å². The first-order chi connectivity index (χ1) is 15.5. The van der Waals surface area contributed by atoms with Crippen molar-refractivity contribution in [2.24, 2.45) is 11.8 Å². The van der Waals surface area contributed by atoms with Gasteiger partial charge in [0.2, 0.25) is 0 Å². The highest BCUT2D eigenvalue weighted by atomic mass is 19.1. The van der Waals surface area contributed by atoms with E-state index in [0.717, 1.165) is 74.0 Å². The minimum atomic E-state index is -0.626. The smallest absolute Gasteiger partial charge is 0.123 e. The Hall–Kier alpha value is -2.50. The predicted octanol–water partition coefficient (Wildman–Crippen LogP) is 5.20. The van der Waals surface area contributed by atoms with Crippen LogP contribution < -0.4 is 0 Å². The molecule has 2 aromatic carbocycles. The maximum absolute atomic E-state index is 13.3. The van der Waals surface area contributed by atoms with Crippen LogP contribution in [0.4, 0.5) is 4.39 Å². The Morgan fingerprint density at radius 2 is 1.94 bits per heavy atom. The fourth-order valence-electron chi connectivity index (χ4n) is 5.58. The molecule has 0 radical (unpaired) electrons. The molecule has 3 atom stereocenters. The zero-order chi connectivity index (χ0) is 22.1. The van der Waals surface area contributed by atoms with Crippen LogP contribution in [0.25, 0.3) is 16.6 Å². The molecule has 1 saturated carbocycles. The molecule has 0 unspecified atom stereocenters. The maximum atomic E-state index is 13.3. The number of nitrogens with one attached hydrogen (secondary N) is 1. The Bertz CT molecular complexity index is 1070. The van der Waals surface area contributed by atoms with Crippen molar-refractivity contribution in [3.63, 3.8) is 0 Å². The van der Waals surface area contributed by atoms with Crippen LogP contribution in [0.1, 0.15) is 43.5 Å². The molecule has 0 amide bonds. The van der Waals surface area contributed by atoms with E-state index in [1.807, 2.05) is 30.3 Å². The molecule has 2 bridgehead atoms. The molecule has 5 heteroatoms. The number of para-hydroxylation sites is 2. The Morgan fingerprint density at radius 1 is 1.12 bits per heavy atom. The first-order valence-electron chi connectivity index (χ1n) is 11.8. The van der Waals surface area contributed by atoms with Gasteiger partial charge in [-0.05, 0) is 87.0 Å². The van der Waals surface area contributed by atoms with Gasteiger partial charge in [-0.3, -0.25) is 0 Å². The van der Waals surface area contributed by atoms with Crippen LogP contribution >= 0.6 is 0 Å². The quantitative estimate of drug-likeness (QED) is 0.513. The van der Waals surface area contributed by atoms with Crippen LogP contribution in [0, 0.1) is 17.7 Å². The number of hydrogen-bond acceptors (Lipinski definition) is 3. The molecule has 1 heterocycles. The minimum Gasteiger partial charge on any atom is -0.389 e. The molecule has 168 valence electrons. The largest absolute Gasteiger partial charge is 0.389 e. The first kappa shape index (κ1) is 21.4. The molecule has 0 saturated heterocycles. The summed E-state index contributed by atoms with van der Waals surface area (Å²) in [6.45, 7) is 1.87. The summed E-state index contributed by atoms with van der Waals surface area (Å²) < 4.78 is 13.3. The molecule has 2 N–H and O–H groups in total. The second-order valence-corrected chi connectivity index (χ2v) is 9.67. The van der Waals surface area contributed by atoms with E-state index in [2.05, 4.69) is 34.1 Å². The van der Waals surface area contributed by atoms with Crippen molar-refractivity contribution >= 4 is 16.6 Å². The Kier molecular flexibility index (Phi) is 5.87. The lowest BCUT2D eigenvalue weighted by Crippen LogP contribution is -2.48. The topological polar surface area (TPSA) is 52.2 Å². The molecule has 1 fully saturated rings. The van der Waals surface area contributed by atoms with Crippen molar-refractivity contribution in [1.29, 1.82) is 0 Å². The van der Waals surface area contributed by atoms with E-state index in [4.69, 9.17) is 0 Å². The van der Waals surface area contributed by atoms with Crippen LogP contribution in [-0.2, 0) is 6.42 Å². The third-order valence-corrected chi connectivity index (χ3v) is 7.43. The van der Waals surface area contributed by atoms with Gasteiger partial charge in [0.15, 0.2) is 0 Å². The lowest BCUT2D eigenvalue weighted by Gasteiger charge is -2.48. The molecule has 3 aliphatic carbocycles. The van der Waals surface area contributed by atoms with Crippen molar-refractivity contribution < 1.29 is 9.50 Å². The molecule has 0 aliphatic heterocycles. The zero-order valence-electron chi connectivity index (χ0n) is 18.7. The number of benzene rings is 2. The monoisotopic (exact) mass is 433 g/mol. The highest BCUT2D eigenvalue weighted by Gasteiger charge is 2.46. The number of nitrogens with zero attached hydrogens (tertiary/aromatic N) is 2. The Morgan fingerprint density at radius 3 is 2.69 bits per heavy atom. The number of H-pyrrole nitrogens is 1. The average molecular weight is 434 g/mol. The van der Waals surface area contributed by atoms with Gasteiger partial charge in [-0.15, -0.1) is 0 Å². The molecule has 0 spiro atoms. The van der Waals surface area contributed by atoms with E-state index >= 15 is 0 Å². The Labute approximate surface area is 189 Å². The van der Waals surface area contributed by atoms with E-state index in [9.17, 15) is 9.50 Å². The summed E-state index contributed by atoms with van der Waals surface area (Å²) in [5, 5.41) is 11.5. The standard InChI is InChI=1S/C27H32FN3O/c1-31(15-4-7-26-29-24-5-2-3-6-25(24)30-26)16-14-27(32)18-20-8-11-21(27)17-23(20)19-9-12-22(28)13-10-19/h2-3,5-6,9-10,12-13,17,20-21,32H,4,7-8,11,14-16,18H2,1H3,(H,29,30)/t20-,21+,27+/m1/s1. The second kappa shape index (κ2) is 8.80. The third kappa shape index (κ3) is 4.37. The summed E-state index contributed by atoms with van der Waals surface area (Å²) in [5.74, 6) is 1.40.